The Bertz CT molecular complexity index is 5130. The van der Waals surface area contributed by atoms with E-state index in [9.17, 15) is 0 Å². The molecule has 0 aromatic heterocycles. The molecular formula is C87H72N2. The van der Waals surface area contributed by atoms with Gasteiger partial charge in [-0.1, -0.05) is 243 Å². The van der Waals surface area contributed by atoms with E-state index >= 15 is 0 Å². The molecule has 0 spiro atoms. The summed E-state index contributed by atoms with van der Waals surface area (Å²) in [6.07, 6.45) is 1.75. The van der Waals surface area contributed by atoms with Crippen molar-refractivity contribution in [2.45, 2.75) is 71.6 Å². The Morgan fingerprint density at radius 3 is 1.44 bits per heavy atom. The number of rotatable bonds is 8. The lowest BCUT2D eigenvalue weighted by molar-refractivity contribution is 0.590. The van der Waals surface area contributed by atoms with Gasteiger partial charge < -0.3 is 9.80 Å². The van der Waals surface area contributed by atoms with Gasteiger partial charge in [-0.2, -0.15) is 0 Å². The molecule has 2 heteroatoms. The summed E-state index contributed by atoms with van der Waals surface area (Å²) in [6, 6.07) is 103. The van der Waals surface area contributed by atoms with E-state index in [1.165, 1.54) is 126 Å². The number of anilines is 6. The number of para-hydroxylation sites is 2. The van der Waals surface area contributed by atoms with Gasteiger partial charge in [0.05, 0.1) is 0 Å². The van der Waals surface area contributed by atoms with Gasteiger partial charge in [-0.15, -0.1) is 6.58 Å². The molecule has 14 aromatic carbocycles. The van der Waals surface area contributed by atoms with E-state index in [-0.39, 0.29) is 16.2 Å². The molecule has 0 amide bonds. The summed E-state index contributed by atoms with van der Waals surface area (Å²) < 4.78 is 0. The Morgan fingerprint density at radius 1 is 0.326 bits per heavy atom. The van der Waals surface area contributed by atoms with Crippen molar-refractivity contribution in [2.24, 2.45) is 0 Å². The van der Waals surface area contributed by atoms with Gasteiger partial charge in [0.1, 0.15) is 0 Å². The third-order valence-corrected chi connectivity index (χ3v) is 19.3. The average Bonchev–Trinajstić information content (AvgIpc) is 1.60. The van der Waals surface area contributed by atoms with Crippen LogP contribution >= 0.6 is 0 Å². The molecule has 0 radical (unpaired) electrons. The third-order valence-electron chi connectivity index (χ3n) is 19.3. The molecule has 14 aromatic rings. The first-order valence-electron chi connectivity index (χ1n) is 31.5. The maximum absolute atomic E-state index is 3.36. The van der Waals surface area contributed by atoms with Crippen LogP contribution in [0, 0.1) is 0 Å². The molecule has 0 atom stereocenters. The van der Waals surface area contributed by atoms with Crippen LogP contribution in [-0.2, 0) is 16.2 Å². The van der Waals surface area contributed by atoms with Gasteiger partial charge in [0.15, 0.2) is 0 Å². The van der Waals surface area contributed by atoms with Gasteiger partial charge >= 0.3 is 0 Å². The molecule has 16 rings (SSSR count). The van der Waals surface area contributed by atoms with Crippen molar-refractivity contribution in [3.05, 3.63) is 313 Å². The highest BCUT2D eigenvalue weighted by Crippen LogP contribution is 2.56. The minimum Gasteiger partial charge on any atom is -0.310 e. The van der Waals surface area contributed by atoms with Crippen LogP contribution < -0.4 is 9.80 Å². The highest BCUT2D eigenvalue weighted by molar-refractivity contribution is 6.23. The standard InChI is InChI=1S/C84H66N2.C3H6/c1-82(2,3)59-36-38-62(39-37-59)85(60-25-10-8-11-26-60)63-41-46-70-74(50-63)79(58-35-43-67-69-30-18-23-55-24-19-31-75(80(55)69)83(4,5)76(67)49-58)71-47-42-64(51-73(71)78(70)57-33-32-53-20-14-15-22-56(53)48-57)86(61-27-12-9-13-28-61)65-40-45-68-72-44-34-54-21-16-17-29-66(54)81(72)84(6,7)77(68)52-65;1-3-2/h8-52H,1-7H3;3H,1H2,2H3. The lowest BCUT2D eigenvalue weighted by atomic mass is 9.68. The fourth-order valence-corrected chi connectivity index (χ4v) is 15.0. The van der Waals surface area contributed by atoms with Crippen molar-refractivity contribution in [1.82, 2.24) is 0 Å². The zero-order valence-electron chi connectivity index (χ0n) is 52.2. The van der Waals surface area contributed by atoms with Crippen LogP contribution in [0.4, 0.5) is 34.1 Å². The van der Waals surface area contributed by atoms with Gasteiger partial charge in [0.25, 0.3) is 0 Å². The highest BCUT2D eigenvalue weighted by Gasteiger charge is 2.38. The summed E-state index contributed by atoms with van der Waals surface area (Å²) in [5, 5.41) is 12.5. The maximum atomic E-state index is 3.36. The molecule has 0 bridgehead atoms. The smallest absolute Gasteiger partial charge is 0.0468 e. The van der Waals surface area contributed by atoms with Crippen molar-refractivity contribution >= 4 is 88.0 Å². The topological polar surface area (TPSA) is 6.48 Å². The lowest BCUT2D eigenvalue weighted by Crippen LogP contribution is -2.23. The summed E-state index contributed by atoms with van der Waals surface area (Å²) in [7, 11) is 0. The normalized spacial score (nSPS) is 13.4. The SMILES string of the molecule is C=CC.CC(C)(C)c1ccc(N(c2ccccc2)c2ccc3c(-c4ccc5ccccc5c4)c4cc(N(c5ccccc5)c5ccc6c(c5)C(C)(C)c5c-6ccc6ccccc56)ccc4c(-c4ccc5c(c4)C(C)(C)c4cccc6cccc-5c46)c3c2)cc1. The van der Waals surface area contributed by atoms with Crippen molar-refractivity contribution in [3.63, 3.8) is 0 Å². The van der Waals surface area contributed by atoms with Gasteiger partial charge in [-0.05, 0) is 223 Å². The quantitative estimate of drug-likeness (QED) is 0.111. The van der Waals surface area contributed by atoms with Crippen LogP contribution in [0.2, 0.25) is 0 Å². The lowest BCUT2D eigenvalue weighted by Gasteiger charge is -2.35. The second-order valence-corrected chi connectivity index (χ2v) is 26.5. The molecule has 0 saturated heterocycles. The maximum Gasteiger partial charge on any atom is 0.0468 e. The van der Waals surface area contributed by atoms with Crippen LogP contribution in [0.3, 0.4) is 0 Å². The van der Waals surface area contributed by atoms with Crippen LogP contribution in [-0.4, -0.2) is 0 Å². The zero-order chi connectivity index (χ0) is 60.9. The number of hydrogen-bond donors (Lipinski definition) is 0. The molecule has 2 nitrogen and oxygen atoms in total. The zero-order valence-corrected chi connectivity index (χ0v) is 52.2. The summed E-state index contributed by atoms with van der Waals surface area (Å²) in [6.45, 7) is 21.8. The summed E-state index contributed by atoms with van der Waals surface area (Å²) in [5.41, 5.74) is 22.9. The Balaban J connectivity index is 0.00000217. The molecule has 0 unspecified atom stereocenters. The van der Waals surface area contributed by atoms with Crippen LogP contribution in [0.15, 0.2) is 286 Å². The van der Waals surface area contributed by atoms with E-state index in [1.807, 2.05) is 6.92 Å². The van der Waals surface area contributed by atoms with E-state index in [1.54, 1.807) is 6.08 Å². The number of allylic oxidation sites excluding steroid dienone is 1. The number of hydrogen-bond acceptors (Lipinski definition) is 2. The van der Waals surface area contributed by atoms with Gasteiger partial charge in [0.2, 0.25) is 0 Å². The highest BCUT2D eigenvalue weighted by atomic mass is 15.1. The first-order valence-corrected chi connectivity index (χ1v) is 31.5. The van der Waals surface area contributed by atoms with Gasteiger partial charge in [-0.25, -0.2) is 0 Å². The molecule has 2 aliphatic carbocycles. The molecule has 0 fully saturated rings. The predicted octanol–water partition coefficient (Wildman–Crippen LogP) is 24.8. The second kappa shape index (κ2) is 21.3. The number of fused-ring (bicyclic) bond motifs is 10. The van der Waals surface area contributed by atoms with Gasteiger partial charge in [-0.3, -0.25) is 0 Å². The minimum atomic E-state index is -0.271. The molecule has 0 N–H and O–H groups in total. The van der Waals surface area contributed by atoms with E-state index in [4.69, 9.17) is 0 Å². The first-order chi connectivity index (χ1) is 43.2. The molecule has 2 aliphatic rings. The molecule has 0 aliphatic heterocycles. The Hall–Kier alpha value is -10.3. The van der Waals surface area contributed by atoms with Crippen molar-refractivity contribution in [2.75, 3.05) is 9.80 Å². The molecule has 0 heterocycles. The molecule has 89 heavy (non-hydrogen) atoms. The van der Waals surface area contributed by atoms with Crippen molar-refractivity contribution < 1.29 is 0 Å². The molecule has 430 valence electrons. The monoisotopic (exact) mass is 1140 g/mol. The van der Waals surface area contributed by atoms with E-state index in [2.05, 4.69) is 338 Å². The first kappa shape index (κ1) is 55.3. The number of benzene rings is 14. The second-order valence-electron chi connectivity index (χ2n) is 26.5. The largest absolute Gasteiger partial charge is 0.310 e. The van der Waals surface area contributed by atoms with Crippen molar-refractivity contribution in [3.8, 4) is 44.5 Å². The van der Waals surface area contributed by atoms with Crippen LogP contribution in [0.1, 0.15) is 83.2 Å². The Morgan fingerprint density at radius 2 is 0.787 bits per heavy atom. The average molecular weight is 1150 g/mol. The third kappa shape index (κ3) is 9.06. The Kier molecular flexibility index (Phi) is 13.2. The van der Waals surface area contributed by atoms with Crippen LogP contribution in [0.5, 0.6) is 0 Å². The number of nitrogens with zero attached hydrogens (tertiary/aromatic N) is 2. The van der Waals surface area contributed by atoms with E-state index in [0.29, 0.717) is 0 Å². The van der Waals surface area contributed by atoms with E-state index in [0.717, 1.165) is 34.1 Å². The fourth-order valence-electron chi connectivity index (χ4n) is 15.0. The molecular weight excluding hydrogens is 1070 g/mol. The van der Waals surface area contributed by atoms with Gasteiger partial charge in [0, 0.05) is 45.0 Å². The summed E-state index contributed by atoms with van der Waals surface area (Å²) >= 11 is 0. The predicted molar refractivity (Wildman–Crippen MR) is 384 cm³/mol. The van der Waals surface area contributed by atoms with Crippen molar-refractivity contribution in [1.29, 1.82) is 0 Å². The summed E-state index contributed by atoms with van der Waals surface area (Å²) in [4.78, 5) is 4.92. The minimum absolute atomic E-state index is 0.0184. The van der Waals surface area contributed by atoms with E-state index < -0.39 is 0 Å². The fraction of sp³-hybridized carbons (Fsp3) is 0.126. The van der Waals surface area contributed by atoms with Crippen LogP contribution in [0.25, 0.3) is 98.4 Å². The Labute approximate surface area is 524 Å². The summed E-state index contributed by atoms with van der Waals surface area (Å²) in [5.74, 6) is 0. The molecule has 0 saturated carbocycles.